The van der Waals surface area contributed by atoms with Gasteiger partial charge in [0.1, 0.15) is 5.56 Å². The average Bonchev–Trinajstić information content (AvgIpc) is 2.92. The molecule has 1 fully saturated rings. The second-order valence-electron chi connectivity index (χ2n) is 5.35. The van der Waals surface area contributed by atoms with E-state index in [4.69, 9.17) is 0 Å². The monoisotopic (exact) mass is 358 g/mol. The van der Waals surface area contributed by atoms with Crippen LogP contribution in [0.15, 0.2) is 18.2 Å². The first-order valence-electron chi connectivity index (χ1n) is 6.80. The second kappa shape index (κ2) is 6.11. The maximum absolute atomic E-state index is 13.0. The van der Waals surface area contributed by atoms with Gasteiger partial charge in [-0.2, -0.15) is 26.3 Å². The van der Waals surface area contributed by atoms with Crippen LogP contribution in [0.3, 0.4) is 0 Å². The minimum Gasteiger partial charge on any atom is -0.382 e. The van der Waals surface area contributed by atoms with E-state index in [0.29, 0.717) is 12.1 Å². The summed E-state index contributed by atoms with van der Waals surface area (Å²) in [4.78, 5) is 10.5. The molecule has 0 spiro atoms. The smallest absolute Gasteiger partial charge is 0.382 e. The van der Waals surface area contributed by atoms with Crippen LogP contribution in [0.25, 0.3) is 0 Å². The van der Waals surface area contributed by atoms with Crippen LogP contribution >= 0.6 is 0 Å². The lowest BCUT2D eigenvalue weighted by atomic mass is 10.1. The van der Waals surface area contributed by atoms with Gasteiger partial charge in [-0.05, 0) is 25.0 Å². The third kappa shape index (κ3) is 3.55. The number of anilines is 1. The van der Waals surface area contributed by atoms with Crippen LogP contribution in [0.2, 0.25) is 0 Å². The molecule has 1 N–H and O–H groups in total. The average molecular weight is 358 g/mol. The number of aliphatic hydroxyl groups excluding tert-OH is 1. The molecule has 0 bridgehead atoms. The molecule has 24 heavy (non-hydrogen) atoms. The van der Waals surface area contributed by atoms with E-state index < -0.39 is 40.7 Å². The molecular weight excluding hydrogens is 346 g/mol. The minimum atomic E-state index is -5.03. The SMILES string of the molecule is O=[N+]([O-])c1ccc(N2CCC[C@@H]2[C@@H](O)C(F)(F)F)cc1C(F)(F)F. The summed E-state index contributed by atoms with van der Waals surface area (Å²) in [5.41, 5.74) is -2.98. The van der Waals surface area contributed by atoms with Gasteiger partial charge < -0.3 is 10.0 Å². The summed E-state index contributed by atoms with van der Waals surface area (Å²) < 4.78 is 77.0. The van der Waals surface area contributed by atoms with Gasteiger partial charge in [-0.1, -0.05) is 0 Å². The van der Waals surface area contributed by atoms with Gasteiger partial charge in [-0.15, -0.1) is 0 Å². The molecule has 0 aromatic heterocycles. The third-order valence-electron chi connectivity index (χ3n) is 3.81. The van der Waals surface area contributed by atoms with Crippen molar-refractivity contribution in [1.82, 2.24) is 0 Å². The number of halogens is 6. The topological polar surface area (TPSA) is 66.6 Å². The predicted molar refractivity (Wildman–Crippen MR) is 70.5 cm³/mol. The second-order valence-corrected chi connectivity index (χ2v) is 5.35. The van der Waals surface area contributed by atoms with Gasteiger partial charge in [-0.25, -0.2) is 0 Å². The summed E-state index contributed by atoms with van der Waals surface area (Å²) in [6.07, 6.45) is -12.5. The Morgan fingerprint density at radius 2 is 1.88 bits per heavy atom. The molecule has 1 saturated heterocycles. The first-order chi connectivity index (χ1) is 10.9. The fourth-order valence-corrected chi connectivity index (χ4v) is 2.75. The Balaban J connectivity index is 2.43. The van der Waals surface area contributed by atoms with Crippen LogP contribution in [-0.4, -0.2) is 34.9 Å². The molecule has 0 radical (unpaired) electrons. The van der Waals surface area contributed by atoms with Crippen molar-refractivity contribution in [2.24, 2.45) is 0 Å². The summed E-state index contributed by atoms with van der Waals surface area (Å²) >= 11 is 0. The maximum atomic E-state index is 13.0. The molecule has 0 amide bonds. The van der Waals surface area contributed by atoms with E-state index in [-0.39, 0.29) is 25.1 Å². The highest BCUT2D eigenvalue weighted by atomic mass is 19.4. The Morgan fingerprint density at radius 1 is 1.25 bits per heavy atom. The van der Waals surface area contributed by atoms with Crippen LogP contribution in [0.5, 0.6) is 0 Å². The Kier molecular flexibility index (Phi) is 4.66. The van der Waals surface area contributed by atoms with Crippen LogP contribution in [-0.2, 0) is 6.18 Å². The van der Waals surface area contributed by atoms with Gasteiger partial charge in [-0.3, -0.25) is 10.1 Å². The van der Waals surface area contributed by atoms with Gasteiger partial charge >= 0.3 is 12.4 Å². The van der Waals surface area contributed by atoms with Crippen molar-refractivity contribution < 1.29 is 36.4 Å². The van der Waals surface area contributed by atoms with E-state index in [2.05, 4.69) is 0 Å². The lowest BCUT2D eigenvalue weighted by molar-refractivity contribution is -0.388. The molecule has 1 aliphatic rings. The lowest BCUT2D eigenvalue weighted by Gasteiger charge is -2.31. The molecule has 0 unspecified atom stereocenters. The predicted octanol–water partition coefficient (Wildman–Crippen LogP) is 3.51. The Morgan fingerprint density at radius 3 is 2.38 bits per heavy atom. The molecule has 0 aliphatic carbocycles. The van der Waals surface area contributed by atoms with Crippen LogP contribution in [0.1, 0.15) is 18.4 Å². The first kappa shape index (κ1) is 18.3. The minimum absolute atomic E-state index is 0.00686. The fourth-order valence-electron chi connectivity index (χ4n) is 2.75. The van der Waals surface area contributed by atoms with Crippen molar-refractivity contribution in [3.05, 3.63) is 33.9 Å². The van der Waals surface area contributed by atoms with E-state index in [1.165, 1.54) is 0 Å². The molecule has 2 atom stereocenters. The molecule has 5 nitrogen and oxygen atoms in total. The van der Waals surface area contributed by atoms with E-state index >= 15 is 0 Å². The van der Waals surface area contributed by atoms with Gasteiger partial charge in [0.05, 0.1) is 11.0 Å². The zero-order valence-electron chi connectivity index (χ0n) is 11.9. The van der Waals surface area contributed by atoms with Crippen LogP contribution in [0, 0.1) is 10.1 Å². The van der Waals surface area contributed by atoms with E-state index in [0.717, 1.165) is 11.0 Å². The number of nitrogens with zero attached hydrogens (tertiary/aromatic N) is 2. The Bertz CT molecular complexity index is 631. The quantitative estimate of drug-likeness (QED) is 0.510. The molecule has 0 saturated carbocycles. The number of hydrogen-bond acceptors (Lipinski definition) is 4. The highest BCUT2D eigenvalue weighted by Gasteiger charge is 2.47. The number of nitro benzene ring substituents is 1. The van der Waals surface area contributed by atoms with Gasteiger partial charge in [0.2, 0.25) is 0 Å². The van der Waals surface area contributed by atoms with Crippen molar-refractivity contribution in [3.8, 4) is 0 Å². The molecule has 1 heterocycles. The van der Waals surface area contributed by atoms with Crippen molar-refractivity contribution in [2.45, 2.75) is 37.3 Å². The first-order valence-corrected chi connectivity index (χ1v) is 6.80. The molecular formula is C13H12F6N2O3. The van der Waals surface area contributed by atoms with Crippen molar-refractivity contribution in [3.63, 3.8) is 0 Å². The van der Waals surface area contributed by atoms with Crippen molar-refractivity contribution in [2.75, 3.05) is 11.4 Å². The number of nitro groups is 1. The molecule has 1 aliphatic heterocycles. The Labute approximate surface area is 131 Å². The summed E-state index contributed by atoms with van der Waals surface area (Å²) in [5.74, 6) is 0. The number of aliphatic hydroxyl groups is 1. The van der Waals surface area contributed by atoms with E-state index in [1.54, 1.807) is 0 Å². The fraction of sp³-hybridized carbons (Fsp3) is 0.538. The van der Waals surface area contributed by atoms with Gasteiger partial charge in [0.25, 0.3) is 5.69 Å². The summed E-state index contributed by atoms with van der Waals surface area (Å²) in [6.45, 7) is 0.00686. The number of benzene rings is 1. The van der Waals surface area contributed by atoms with E-state index in [1.807, 2.05) is 0 Å². The number of hydrogen-bond donors (Lipinski definition) is 1. The van der Waals surface area contributed by atoms with Crippen molar-refractivity contribution >= 4 is 11.4 Å². The van der Waals surface area contributed by atoms with Crippen molar-refractivity contribution in [1.29, 1.82) is 0 Å². The van der Waals surface area contributed by atoms with Crippen LogP contribution < -0.4 is 4.90 Å². The molecule has 134 valence electrons. The molecule has 1 aromatic carbocycles. The molecule has 11 heteroatoms. The van der Waals surface area contributed by atoms with Gasteiger partial charge in [0.15, 0.2) is 6.10 Å². The summed E-state index contributed by atoms with van der Waals surface area (Å²) in [7, 11) is 0. The maximum Gasteiger partial charge on any atom is 0.423 e. The van der Waals surface area contributed by atoms with E-state index in [9.17, 15) is 41.6 Å². The number of rotatable bonds is 3. The molecule has 1 aromatic rings. The lowest BCUT2D eigenvalue weighted by Crippen LogP contribution is -2.47. The molecule has 2 rings (SSSR count). The third-order valence-corrected chi connectivity index (χ3v) is 3.81. The van der Waals surface area contributed by atoms with Gasteiger partial charge in [0, 0.05) is 18.3 Å². The zero-order chi connectivity index (χ0) is 18.3. The zero-order valence-corrected chi connectivity index (χ0v) is 11.9. The highest BCUT2D eigenvalue weighted by Crippen LogP contribution is 2.40. The normalized spacial score (nSPS) is 20.3. The number of alkyl halides is 6. The summed E-state index contributed by atoms with van der Waals surface area (Å²) in [6, 6.07) is 0.564. The highest BCUT2D eigenvalue weighted by molar-refractivity contribution is 5.58. The standard InChI is InChI=1S/C13H12F6N2O3/c14-12(15,16)8-6-7(3-4-9(8)21(23)24)20-5-1-2-10(20)11(22)13(17,18)19/h3-4,6,10-11,22H,1-2,5H2/t10-,11-/m1/s1. The summed E-state index contributed by atoms with van der Waals surface area (Å²) in [5, 5.41) is 20.1. The van der Waals surface area contributed by atoms with Crippen LogP contribution in [0.4, 0.5) is 37.7 Å². The Hall–Kier alpha value is -2.04. The largest absolute Gasteiger partial charge is 0.423 e.